The summed E-state index contributed by atoms with van der Waals surface area (Å²) in [6.07, 6.45) is 6.57. The van der Waals surface area contributed by atoms with E-state index < -0.39 is 0 Å². The summed E-state index contributed by atoms with van der Waals surface area (Å²) in [4.78, 5) is 14.8. The molecule has 0 spiro atoms. The van der Waals surface area contributed by atoms with Crippen molar-refractivity contribution in [3.63, 3.8) is 0 Å². The van der Waals surface area contributed by atoms with Gasteiger partial charge in [-0.3, -0.25) is 4.98 Å². The zero-order valence-electron chi connectivity index (χ0n) is 22.5. The SMILES string of the molecule is C1=C(c2cccc(-c3cccnc3)c2)N=C(c2cccc3ccccc23)N=C(c2ccc(-c3ccccc3)cc2)C1. The van der Waals surface area contributed by atoms with Crippen LogP contribution < -0.4 is 0 Å². The lowest BCUT2D eigenvalue weighted by Crippen LogP contribution is -2.05. The van der Waals surface area contributed by atoms with Gasteiger partial charge >= 0.3 is 0 Å². The largest absolute Gasteiger partial charge is 0.264 e. The van der Waals surface area contributed by atoms with Gasteiger partial charge in [0.1, 0.15) is 0 Å². The minimum absolute atomic E-state index is 0.675. The van der Waals surface area contributed by atoms with Gasteiger partial charge in [-0.05, 0) is 45.2 Å². The lowest BCUT2D eigenvalue weighted by Gasteiger charge is -2.10. The number of amidine groups is 1. The summed E-state index contributed by atoms with van der Waals surface area (Å²) in [5.74, 6) is 0.722. The molecule has 0 amide bonds. The number of hydrogen-bond acceptors (Lipinski definition) is 3. The summed E-state index contributed by atoms with van der Waals surface area (Å²) in [5, 5.41) is 2.31. The Morgan fingerprint density at radius 3 is 2.02 bits per heavy atom. The van der Waals surface area contributed by atoms with Crippen molar-refractivity contribution < 1.29 is 0 Å². The van der Waals surface area contributed by atoms with Crippen LogP contribution in [0.3, 0.4) is 0 Å². The predicted octanol–water partition coefficient (Wildman–Crippen LogP) is 9.25. The van der Waals surface area contributed by atoms with Crippen molar-refractivity contribution in [1.29, 1.82) is 0 Å². The molecular formula is C38H27N3. The van der Waals surface area contributed by atoms with Gasteiger partial charge < -0.3 is 0 Å². The third-order valence-corrected chi connectivity index (χ3v) is 7.46. The van der Waals surface area contributed by atoms with Gasteiger partial charge in [0.2, 0.25) is 0 Å². The zero-order chi connectivity index (χ0) is 27.4. The maximum Gasteiger partial charge on any atom is 0.160 e. The fourth-order valence-electron chi connectivity index (χ4n) is 5.33. The molecule has 0 radical (unpaired) electrons. The number of allylic oxidation sites excluding steroid dienone is 1. The van der Waals surface area contributed by atoms with Crippen LogP contribution in [0.15, 0.2) is 162 Å². The average molecular weight is 526 g/mol. The maximum atomic E-state index is 5.23. The van der Waals surface area contributed by atoms with Crippen LogP contribution in [0.4, 0.5) is 0 Å². The molecule has 7 rings (SSSR count). The van der Waals surface area contributed by atoms with Gasteiger partial charge in [0.15, 0.2) is 5.84 Å². The Morgan fingerprint density at radius 1 is 0.488 bits per heavy atom. The topological polar surface area (TPSA) is 37.6 Å². The second-order valence-electron chi connectivity index (χ2n) is 10.1. The molecule has 0 fully saturated rings. The van der Waals surface area contributed by atoms with Crippen LogP contribution in [-0.4, -0.2) is 16.5 Å². The van der Waals surface area contributed by atoms with Crippen molar-refractivity contribution in [3.05, 3.63) is 169 Å². The normalized spacial score (nSPS) is 13.2. The molecule has 0 unspecified atom stereocenters. The molecule has 0 aliphatic carbocycles. The first-order chi connectivity index (χ1) is 20.3. The van der Waals surface area contributed by atoms with Crippen molar-refractivity contribution in [3.8, 4) is 22.3 Å². The van der Waals surface area contributed by atoms with Gasteiger partial charge in [-0.15, -0.1) is 0 Å². The van der Waals surface area contributed by atoms with Crippen molar-refractivity contribution in [2.24, 2.45) is 9.98 Å². The molecule has 6 aromatic rings. The lowest BCUT2D eigenvalue weighted by molar-refractivity contribution is 1.33. The third-order valence-electron chi connectivity index (χ3n) is 7.46. The van der Waals surface area contributed by atoms with E-state index in [9.17, 15) is 0 Å². The van der Waals surface area contributed by atoms with Gasteiger partial charge in [0.25, 0.3) is 0 Å². The number of nitrogens with zero attached hydrogens (tertiary/aromatic N) is 3. The Bertz CT molecular complexity index is 1930. The second-order valence-corrected chi connectivity index (χ2v) is 10.1. The van der Waals surface area contributed by atoms with E-state index in [1.807, 2.05) is 18.3 Å². The number of hydrogen-bond donors (Lipinski definition) is 0. The molecule has 1 aromatic heterocycles. The van der Waals surface area contributed by atoms with Crippen LogP contribution in [0.25, 0.3) is 38.7 Å². The monoisotopic (exact) mass is 525 g/mol. The maximum absolute atomic E-state index is 5.23. The highest BCUT2D eigenvalue weighted by molar-refractivity contribution is 6.19. The number of aliphatic imine (C=N–C) groups is 2. The molecule has 0 saturated heterocycles. The quantitative estimate of drug-likeness (QED) is 0.221. The highest BCUT2D eigenvalue weighted by Crippen LogP contribution is 2.29. The Kier molecular flexibility index (Phi) is 6.60. The van der Waals surface area contributed by atoms with Crippen LogP contribution in [0.2, 0.25) is 0 Å². The zero-order valence-corrected chi connectivity index (χ0v) is 22.5. The first-order valence-corrected chi connectivity index (χ1v) is 13.8. The van der Waals surface area contributed by atoms with E-state index in [-0.39, 0.29) is 0 Å². The smallest absolute Gasteiger partial charge is 0.160 e. The molecule has 5 aromatic carbocycles. The molecule has 3 heteroatoms. The summed E-state index contributed by atoms with van der Waals surface area (Å²) in [6.45, 7) is 0. The molecular weight excluding hydrogens is 498 g/mol. The molecule has 3 nitrogen and oxygen atoms in total. The van der Waals surface area contributed by atoms with Crippen molar-refractivity contribution >= 4 is 28.0 Å². The molecule has 2 heterocycles. The second kappa shape index (κ2) is 11.0. The van der Waals surface area contributed by atoms with Gasteiger partial charge in [0.05, 0.1) is 11.4 Å². The average Bonchev–Trinajstić information content (AvgIpc) is 3.29. The molecule has 0 N–H and O–H groups in total. The highest BCUT2D eigenvalue weighted by atomic mass is 14.9. The highest BCUT2D eigenvalue weighted by Gasteiger charge is 2.16. The Hall–Kier alpha value is -5.41. The Balaban J connectivity index is 1.33. The van der Waals surface area contributed by atoms with Crippen LogP contribution in [0, 0.1) is 0 Å². The van der Waals surface area contributed by atoms with E-state index in [2.05, 4.69) is 132 Å². The van der Waals surface area contributed by atoms with E-state index in [0.717, 1.165) is 50.4 Å². The van der Waals surface area contributed by atoms with E-state index in [1.54, 1.807) is 6.20 Å². The number of fused-ring (bicyclic) bond motifs is 1. The van der Waals surface area contributed by atoms with Crippen molar-refractivity contribution in [2.45, 2.75) is 6.42 Å². The number of rotatable bonds is 5. The van der Waals surface area contributed by atoms with Gasteiger partial charge in [0, 0.05) is 35.5 Å². The molecule has 194 valence electrons. The molecule has 41 heavy (non-hydrogen) atoms. The van der Waals surface area contributed by atoms with Crippen LogP contribution >= 0.6 is 0 Å². The summed E-state index contributed by atoms with van der Waals surface area (Å²) in [5.41, 5.74) is 9.67. The third kappa shape index (κ3) is 5.13. The first kappa shape index (κ1) is 24.6. The van der Waals surface area contributed by atoms with E-state index >= 15 is 0 Å². The first-order valence-electron chi connectivity index (χ1n) is 13.8. The Labute approximate surface area is 239 Å². The van der Waals surface area contributed by atoms with Crippen molar-refractivity contribution in [1.82, 2.24) is 4.98 Å². The Morgan fingerprint density at radius 2 is 1.17 bits per heavy atom. The lowest BCUT2D eigenvalue weighted by atomic mass is 10.00. The van der Waals surface area contributed by atoms with Crippen LogP contribution in [0.1, 0.15) is 23.1 Å². The van der Waals surface area contributed by atoms with Crippen molar-refractivity contribution in [2.75, 3.05) is 0 Å². The summed E-state index contributed by atoms with van der Waals surface area (Å²) in [6, 6.07) is 46.5. The minimum atomic E-state index is 0.675. The summed E-state index contributed by atoms with van der Waals surface area (Å²) < 4.78 is 0. The number of aromatic nitrogens is 1. The molecule has 0 saturated carbocycles. The molecule has 0 atom stereocenters. The standard InChI is InChI=1S/C38H27N3/c1-2-9-27(10-3-1)28-18-20-30(21-19-28)36-22-23-37(32-14-6-13-31(25-32)33-15-8-24-39-26-33)41-38(40-36)35-17-7-12-29-11-4-5-16-34(29)35/h1-21,23-26H,22H2. The number of pyridine rings is 1. The minimum Gasteiger partial charge on any atom is -0.264 e. The number of benzene rings is 5. The van der Waals surface area contributed by atoms with Gasteiger partial charge in [-0.1, -0.05) is 127 Å². The van der Waals surface area contributed by atoms with Crippen LogP contribution in [0.5, 0.6) is 0 Å². The van der Waals surface area contributed by atoms with Crippen LogP contribution in [-0.2, 0) is 0 Å². The fraction of sp³-hybridized carbons (Fsp3) is 0.0263. The van der Waals surface area contributed by atoms with Gasteiger partial charge in [-0.2, -0.15) is 0 Å². The summed E-state index contributed by atoms with van der Waals surface area (Å²) in [7, 11) is 0. The predicted molar refractivity (Wildman–Crippen MR) is 171 cm³/mol. The molecule has 1 aliphatic heterocycles. The fourth-order valence-corrected chi connectivity index (χ4v) is 5.33. The summed E-state index contributed by atoms with van der Waals surface area (Å²) >= 11 is 0. The molecule has 1 aliphatic rings. The van der Waals surface area contributed by atoms with E-state index in [4.69, 9.17) is 9.98 Å². The van der Waals surface area contributed by atoms with E-state index in [0.29, 0.717) is 6.42 Å². The molecule has 0 bridgehead atoms. The van der Waals surface area contributed by atoms with E-state index in [1.165, 1.54) is 16.5 Å². The van der Waals surface area contributed by atoms with Gasteiger partial charge in [-0.25, -0.2) is 9.98 Å².